The predicted octanol–water partition coefficient (Wildman–Crippen LogP) is 1.88. The maximum absolute atomic E-state index is 2.56. The van der Waals surface area contributed by atoms with Crippen molar-refractivity contribution in [2.75, 3.05) is 9.80 Å². The third kappa shape index (κ3) is 4.62. The van der Waals surface area contributed by atoms with Crippen LogP contribution in [0, 0.1) is 0 Å². The first kappa shape index (κ1) is 30.7. The van der Waals surface area contributed by atoms with Crippen molar-refractivity contribution in [2.45, 2.75) is 52.9 Å². The molecule has 0 aromatic heterocycles. The van der Waals surface area contributed by atoms with Crippen LogP contribution < -0.4 is 34.6 Å². The van der Waals surface area contributed by atoms with Gasteiger partial charge < -0.3 is 34.6 Å². The zero-order valence-electron chi connectivity index (χ0n) is 22.9. The van der Waals surface area contributed by atoms with Crippen molar-refractivity contribution in [2.24, 2.45) is 0 Å². The fraction of sp³-hybridized carbons (Fsp3) is 0.250. The molecule has 0 bridgehead atoms. The number of fused-ring (bicyclic) bond motifs is 2. The molecule has 2 unspecified atom stereocenters. The largest absolute Gasteiger partial charge is 2.00 e. The number of benzene rings is 2. The molecule has 0 saturated carbocycles. The van der Waals surface area contributed by atoms with Gasteiger partial charge in [0.2, 0.25) is 0 Å². The molecule has 0 N–H and O–H groups in total. The number of anilines is 2. The minimum atomic E-state index is -1.99. The Bertz CT molecular complexity index is 1310. The maximum Gasteiger partial charge on any atom is 2.00 e. The maximum atomic E-state index is 2.56. The van der Waals surface area contributed by atoms with E-state index in [9.17, 15) is 0 Å². The third-order valence-electron chi connectivity index (χ3n) is 8.05. The van der Waals surface area contributed by atoms with Gasteiger partial charge in [-0.15, -0.1) is 0 Å². The van der Waals surface area contributed by atoms with E-state index in [1.54, 1.807) is 10.4 Å². The normalized spacial score (nSPS) is 21.6. The van der Waals surface area contributed by atoms with Crippen LogP contribution in [0.1, 0.15) is 27.7 Å². The molecular formula is C32H34Cl2N2SiZr. The van der Waals surface area contributed by atoms with Crippen LogP contribution in [0.15, 0.2) is 129 Å². The van der Waals surface area contributed by atoms with Gasteiger partial charge in [0, 0.05) is 22.8 Å². The van der Waals surface area contributed by atoms with Gasteiger partial charge in [0.05, 0.1) is 12.1 Å². The van der Waals surface area contributed by atoms with E-state index < -0.39 is 8.07 Å². The van der Waals surface area contributed by atoms with E-state index >= 15 is 0 Å². The quantitative estimate of drug-likeness (QED) is 0.474. The molecule has 2 aliphatic carbocycles. The van der Waals surface area contributed by atoms with Crippen LogP contribution in [0.25, 0.3) is 0 Å². The minimum Gasteiger partial charge on any atom is -1.00 e. The Balaban J connectivity index is 0.00000133. The zero-order valence-corrected chi connectivity index (χ0v) is 27.9. The number of hydrogen-bond acceptors (Lipinski definition) is 2. The van der Waals surface area contributed by atoms with Crippen molar-refractivity contribution >= 4 is 19.4 Å². The fourth-order valence-electron chi connectivity index (χ4n) is 6.91. The van der Waals surface area contributed by atoms with E-state index in [0.29, 0.717) is 12.1 Å². The van der Waals surface area contributed by atoms with Gasteiger partial charge in [-0.1, -0.05) is 61.6 Å². The topological polar surface area (TPSA) is 6.48 Å². The Morgan fingerprint density at radius 1 is 0.605 bits per heavy atom. The van der Waals surface area contributed by atoms with Crippen LogP contribution in [0.3, 0.4) is 0 Å². The molecule has 2 nitrogen and oxygen atoms in total. The summed E-state index contributed by atoms with van der Waals surface area (Å²) in [5, 5.41) is 3.21. The van der Waals surface area contributed by atoms with Crippen molar-refractivity contribution < 1.29 is 51.0 Å². The van der Waals surface area contributed by atoms with Crippen molar-refractivity contribution in [3.63, 3.8) is 0 Å². The average molecular weight is 637 g/mol. The predicted molar refractivity (Wildman–Crippen MR) is 152 cm³/mol. The monoisotopic (exact) mass is 634 g/mol. The number of rotatable bonds is 4. The van der Waals surface area contributed by atoms with E-state index in [1.165, 1.54) is 45.1 Å². The Morgan fingerprint density at radius 2 is 0.947 bits per heavy atom. The van der Waals surface area contributed by atoms with Gasteiger partial charge in [0.25, 0.3) is 0 Å². The summed E-state index contributed by atoms with van der Waals surface area (Å²) in [6.07, 6.45) is 9.88. The van der Waals surface area contributed by atoms with Crippen LogP contribution in [0.4, 0.5) is 11.4 Å². The molecule has 6 rings (SSSR count). The molecule has 2 aliphatic heterocycles. The molecule has 0 spiro atoms. The van der Waals surface area contributed by atoms with Gasteiger partial charge in [-0.25, -0.2) is 0 Å². The zero-order chi connectivity index (χ0) is 24.5. The van der Waals surface area contributed by atoms with Crippen LogP contribution >= 0.6 is 0 Å². The van der Waals surface area contributed by atoms with E-state index in [-0.39, 0.29) is 51.0 Å². The molecule has 194 valence electrons. The molecule has 38 heavy (non-hydrogen) atoms. The fourth-order valence-corrected chi connectivity index (χ4v) is 11.0. The molecule has 2 aromatic carbocycles. The molecule has 2 atom stereocenters. The Hall–Kier alpha value is -1.84. The van der Waals surface area contributed by atoms with Gasteiger partial charge in [-0.05, 0) is 96.8 Å². The summed E-state index contributed by atoms with van der Waals surface area (Å²) in [6, 6.07) is 22.4. The summed E-state index contributed by atoms with van der Waals surface area (Å²) in [4.78, 5) is 5.01. The van der Waals surface area contributed by atoms with Crippen LogP contribution in [-0.4, -0.2) is 20.2 Å². The van der Waals surface area contributed by atoms with Crippen molar-refractivity contribution in [3.8, 4) is 0 Å². The molecule has 6 heteroatoms. The Labute approximate surface area is 260 Å². The second-order valence-electron chi connectivity index (χ2n) is 10.9. The summed E-state index contributed by atoms with van der Waals surface area (Å²) < 4.78 is 0. The summed E-state index contributed by atoms with van der Waals surface area (Å²) in [5.74, 6) is 0. The molecule has 0 radical (unpaired) electrons. The summed E-state index contributed by atoms with van der Waals surface area (Å²) in [5.41, 5.74) is 11.1. The second kappa shape index (κ2) is 11.3. The van der Waals surface area contributed by atoms with Crippen LogP contribution in [0.2, 0.25) is 13.1 Å². The summed E-state index contributed by atoms with van der Waals surface area (Å²) in [6.45, 7) is 14.4. The number of halogens is 2. The standard InChI is InChI=1S/C32H34N2Si.2ClH.Zr/c1-21-17-29-27(19-23(3)33(29)25-13-9-7-10-14-25)31(21)35(5,6)32-22(2)18-30-28(32)20-24(4)34(30)26-15-11-8-12-16-26;;;/h7-20,23-24H,1-6H3;2*1H;/q;;;+2/p-2. The second-order valence-corrected chi connectivity index (χ2v) is 15.1. The molecule has 2 heterocycles. The summed E-state index contributed by atoms with van der Waals surface area (Å²) in [7, 11) is -1.99. The first-order valence-electron chi connectivity index (χ1n) is 12.8. The molecule has 0 saturated heterocycles. The van der Waals surface area contributed by atoms with Crippen molar-refractivity contribution in [1.29, 1.82) is 0 Å². The van der Waals surface area contributed by atoms with E-state index in [2.05, 4.69) is 136 Å². The van der Waals surface area contributed by atoms with Gasteiger partial charge in [-0.3, -0.25) is 0 Å². The number of para-hydroxylation sites is 2. The summed E-state index contributed by atoms with van der Waals surface area (Å²) >= 11 is 0. The smallest absolute Gasteiger partial charge is 1.00 e. The SMILES string of the molecule is CC1=C([Si](C)(C)C2=C(C)C=C3C2=CC(C)N3c2ccccc2)C2=CC(C)N(c3ccccc3)C2=C1.[Cl-].[Cl-].[Zr+2]. The van der Waals surface area contributed by atoms with E-state index in [0.717, 1.165) is 0 Å². The van der Waals surface area contributed by atoms with Crippen molar-refractivity contribution in [1.82, 2.24) is 0 Å². The number of allylic oxidation sites excluding steroid dienone is 6. The molecule has 0 fully saturated rings. The van der Waals surface area contributed by atoms with Gasteiger partial charge >= 0.3 is 26.2 Å². The number of nitrogens with zero attached hydrogens (tertiary/aromatic N) is 2. The van der Waals surface area contributed by atoms with Gasteiger partial charge in [0.15, 0.2) is 0 Å². The molecule has 0 amide bonds. The number of hydrogen-bond donors (Lipinski definition) is 0. The molecule has 4 aliphatic rings. The Kier molecular flexibility index (Phi) is 9.16. The molecular weight excluding hydrogens is 603 g/mol. The van der Waals surface area contributed by atoms with Crippen LogP contribution in [0.5, 0.6) is 0 Å². The molecule has 2 aromatic rings. The minimum absolute atomic E-state index is 0. The first-order chi connectivity index (χ1) is 16.8. The van der Waals surface area contributed by atoms with Gasteiger partial charge in [0.1, 0.15) is 8.07 Å². The van der Waals surface area contributed by atoms with Crippen LogP contribution in [-0.2, 0) is 26.2 Å². The van der Waals surface area contributed by atoms with Crippen molar-refractivity contribution in [3.05, 3.63) is 129 Å². The third-order valence-corrected chi connectivity index (χ3v) is 11.9. The first-order valence-corrected chi connectivity index (χ1v) is 15.8. The van der Waals surface area contributed by atoms with E-state index in [1.807, 2.05) is 0 Å². The van der Waals surface area contributed by atoms with E-state index in [4.69, 9.17) is 0 Å². The average Bonchev–Trinajstić information content (AvgIpc) is 3.50. The Morgan fingerprint density at radius 3 is 1.29 bits per heavy atom. The van der Waals surface area contributed by atoms with Gasteiger partial charge in [-0.2, -0.15) is 0 Å².